The number of piperidine rings is 4. The highest BCUT2D eigenvalue weighted by atomic mass is 16.6. The van der Waals surface area contributed by atoms with Crippen LogP contribution in [0.25, 0.3) is 0 Å². The van der Waals surface area contributed by atoms with Gasteiger partial charge >= 0.3 is 24.2 Å². The van der Waals surface area contributed by atoms with E-state index in [2.05, 4.69) is 54.9 Å². The summed E-state index contributed by atoms with van der Waals surface area (Å²) in [6.45, 7) is 30.5. The minimum Gasteiger partial charge on any atom is -0.481 e. The lowest BCUT2D eigenvalue weighted by Crippen LogP contribution is -2.52. The summed E-state index contributed by atoms with van der Waals surface area (Å²) in [5.74, 6) is 1.21. The maximum Gasteiger partial charge on any atom is 0.410 e. The smallest absolute Gasteiger partial charge is 0.410 e. The van der Waals surface area contributed by atoms with E-state index >= 15 is 0 Å². The van der Waals surface area contributed by atoms with Crippen LogP contribution in [0.15, 0.2) is 12.7 Å². The first-order valence-electron chi connectivity index (χ1n) is 27.7. The number of aromatic nitrogens is 6. The Bertz CT molecular complexity index is 2240. The van der Waals surface area contributed by atoms with Gasteiger partial charge in [-0.1, -0.05) is 28.2 Å². The van der Waals surface area contributed by atoms with Crippen LogP contribution < -0.4 is 16.2 Å². The number of likely N-dealkylation sites (tertiary alicyclic amines) is 3. The highest BCUT2D eigenvalue weighted by Gasteiger charge is 2.42. The number of carbonyl (C=O) groups is 5. The number of carboxylic acids is 1. The molecule has 0 bridgehead atoms. The molecular formula is C55H96N12O9. The van der Waals surface area contributed by atoms with Crippen LogP contribution in [0.5, 0.6) is 0 Å². The molecule has 0 aromatic carbocycles. The highest BCUT2D eigenvalue weighted by Crippen LogP contribution is 2.39. The van der Waals surface area contributed by atoms with Crippen molar-refractivity contribution in [1.29, 1.82) is 0 Å². The van der Waals surface area contributed by atoms with Crippen LogP contribution in [0.1, 0.15) is 211 Å². The first-order chi connectivity index (χ1) is 34.9. The molecule has 0 unspecified atom stereocenters. The number of ether oxygens (including phenoxy) is 3. The number of carbonyl (C=O) groups excluding carboxylic acids is 4. The topological polar surface area (TPSA) is 240 Å². The van der Waals surface area contributed by atoms with Gasteiger partial charge in [0.25, 0.3) is 0 Å². The molecule has 0 atom stereocenters. The number of carboxylic acid groups (broad SMARTS) is 1. The Balaban J connectivity index is 0.000000188. The van der Waals surface area contributed by atoms with E-state index < -0.39 is 33.6 Å². The Kier molecular flexibility index (Phi) is 20.1. The Hall–Kier alpha value is -5.05. The van der Waals surface area contributed by atoms with Crippen molar-refractivity contribution in [1.82, 2.24) is 60.4 Å². The molecule has 21 nitrogen and oxygen atoms in total. The van der Waals surface area contributed by atoms with Crippen molar-refractivity contribution in [3.8, 4) is 0 Å². The maximum atomic E-state index is 12.2. The summed E-state index contributed by atoms with van der Waals surface area (Å²) in [5.41, 5.74) is 3.45. The van der Waals surface area contributed by atoms with Crippen molar-refractivity contribution in [2.75, 3.05) is 52.4 Å². The largest absolute Gasteiger partial charge is 0.481 e. The number of hydrogen-bond donors (Lipinski definition) is 4. The van der Waals surface area contributed by atoms with E-state index in [1.807, 2.05) is 86.6 Å². The lowest BCUT2D eigenvalue weighted by Gasteiger charge is -2.38. The average molecular weight is 1070 g/mol. The number of hydrogen-bond acceptors (Lipinski definition) is 14. The Labute approximate surface area is 453 Å². The summed E-state index contributed by atoms with van der Waals surface area (Å²) < 4.78 is 20.1. The van der Waals surface area contributed by atoms with Gasteiger partial charge in [-0.05, 0) is 172 Å². The summed E-state index contributed by atoms with van der Waals surface area (Å²) in [6.07, 6.45) is 16.5. The fourth-order valence-electron chi connectivity index (χ4n) is 9.07. The molecule has 76 heavy (non-hydrogen) atoms. The second kappa shape index (κ2) is 24.7. The van der Waals surface area contributed by atoms with Crippen LogP contribution >= 0.6 is 0 Å². The van der Waals surface area contributed by atoms with E-state index in [0.29, 0.717) is 83.1 Å². The lowest BCUT2D eigenvalue weighted by atomic mass is 9.80. The van der Waals surface area contributed by atoms with Gasteiger partial charge in [-0.3, -0.25) is 15.0 Å². The zero-order chi connectivity index (χ0) is 55.2. The van der Waals surface area contributed by atoms with E-state index in [1.165, 1.54) is 25.7 Å². The molecule has 4 amide bonds. The molecule has 6 heterocycles. The van der Waals surface area contributed by atoms with Gasteiger partial charge in [0.2, 0.25) is 5.91 Å². The molecule has 21 heteroatoms. The van der Waals surface area contributed by atoms with Crippen molar-refractivity contribution >= 4 is 30.2 Å². The summed E-state index contributed by atoms with van der Waals surface area (Å²) in [5, 5.41) is 21.8. The number of nitrogens with one attached hydrogen (secondary N) is 3. The van der Waals surface area contributed by atoms with Crippen LogP contribution in [0.3, 0.4) is 0 Å². The molecule has 430 valence electrons. The zero-order valence-electron chi connectivity index (χ0n) is 47.7. The van der Waals surface area contributed by atoms with E-state index in [4.69, 9.17) is 19.3 Å². The lowest BCUT2D eigenvalue weighted by molar-refractivity contribution is -0.150. The first-order valence-corrected chi connectivity index (χ1v) is 27.7. The Morgan fingerprint density at radius 2 is 0.895 bits per heavy atom. The third kappa shape index (κ3) is 18.3. The molecule has 4 aliphatic heterocycles. The van der Waals surface area contributed by atoms with E-state index in [9.17, 15) is 24.0 Å². The minimum absolute atomic E-state index is 0. The highest BCUT2D eigenvalue weighted by molar-refractivity contribution is 5.82. The predicted molar refractivity (Wildman–Crippen MR) is 289 cm³/mol. The van der Waals surface area contributed by atoms with Gasteiger partial charge in [-0.15, -0.1) is 0 Å². The fourth-order valence-corrected chi connectivity index (χ4v) is 9.07. The van der Waals surface area contributed by atoms with E-state index in [-0.39, 0.29) is 42.4 Å². The van der Waals surface area contributed by atoms with Crippen molar-refractivity contribution in [3.63, 3.8) is 0 Å². The quantitative estimate of drug-likeness (QED) is 0.143. The van der Waals surface area contributed by atoms with Crippen LogP contribution in [0.4, 0.5) is 14.4 Å². The van der Waals surface area contributed by atoms with E-state index in [0.717, 1.165) is 63.3 Å². The SMILES string of the molecule is C.CC(C)(C)OC(=O)N1CCC(C)(C(=O)NNC2CC2)CC1.CC(C)(C)OC(=O)N1CCC(C)(C(=O)O)CC1.CC(C)(C)OC(=O)N1CCC(C)(c2ncn(C3CC3)n2)CC1.CC1(c2ncn(C3CC3)n2)CCNCC1. The minimum atomic E-state index is -0.790. The third-order valence-corrected chi connectivity index (χ3v) is 15.2. The van der Waals surface area contributed by atoms with Gasteiger partial charge < -0.3 is 39.3 Å². The van der Waals surface area contributed by atoms with E-state index in [1.54, 1.807) is 21.6 Å². The van der Waals surface area contributed by atoms with Crippen molar-refractivity contribution < 1.29 is 43.3 Å². The molecular weight excluding hydrogens is 973 g/mol. The predicted octanol–water partition coefficient (Wildman–Crippen LogP) is 8.71. The van der Waals surface area contributed by atoms with Crippen LogP contribution in [-0.4, -0.2) is 155 Å². The van der Waals surface area contributed by atoms with Crippen molar-refractivity contribution in [2.24, 2.45) is 10.8 Å². The fraction of sp³-hybridized carbons (Fsp3) is 0.836. The molecule has 7 fully saturated rings. The Morgan fingerprint density at radius 1 is 0.553 bits per heavy atom. The number of aliphatic carboxylic acids is 1. The molecule has 9 rings (SSSR count). The second-order valence-electron chi connectivity index (χ2n) is 26.1. The van der Waals surface area contributed by atoms with Gasteiger partial charge in [0, 0.05) is 56.1 Å². The van der Waals surface area contributed by atoms with Crippen LogP contribution in [-0.2, 0) is 34.6 Å². The van der Waals surface area contributed by atoms with Crippen LogP contribution in [0, 0.1) is 10.8 Å². The average Bonchev–Trinajstić information content (AvgIpc) is 4.28. The Morgan fingerprint density at radius 3 is 1.22 bits per heavy atom. The molecule has 4 N–H and O–H groups in total. The van der Waals surface area contributed by atoms with Gasteiger partial charge in [0.15, 0.2) is 11.6 Å². The number of hydrazine groups is 1. The molecule has 3 saturated carbocycles. The van der Waals surface area contributed by atoms with Gasteiger partial charge in [0.1, 0.15) is 29.5 Å². The third-order valence-electron chi connectivity index (χ3n) is 15.2. The standard InChI is InChI=1S/C16H26N4O2.C15H27N3O3.C12H21NO4.C11H18N4.CH4/c1-15(2,3)22-14(21)19-9-7-16(4,8-10-19)13-17-11-20(18-13)12-5-6-12;1-14(2,3)21-13(20)18-9-7-15(4,8-10-18)12(19)17-16-11-5-6-11;1-11(2,3)17-10(16)13-7-5-12(4,6-8-13)9(14)15;1-11(4-6-12-7-5-11)10-13-8-15(14-10)9-2-3-9;/h11-12H,5-10H2,1-4H3;11,16H,5-10H2,1-4H3,(H,17,19);5-8H2,1-4H3,(H,14,15);8-9,12H,2-7H2,1H3;1H4. The van der Waals surface area contributed by atoms with Gasteiger partial charge in [-0.25, -0.2) is 39.1 Å². The summed E-state index contributed by atoms with van der Waals surface area (Å²) in [4.78, 5) is 73.3. The molecule has 3 aliphatic carbocycles. The molecule has 0 radical (unpaired) electrons. The van der Waals surface area contributed by atoms with Crippen molar-refractivity contribution in [3.05, 3.63) is 24.3 Å². The number of rotatable bonds is 8. The molecule has 2 aromatic heterocycles. The number of nitrogens with zero attached hydrogens (tertiary/aromatic N) is 9. The first kappa shape index (κ1) is 61.8. The molecule has 7 aliphatic rings. The van der Waals surface area contributed by atoms with Crippen molar-refractivity contribution in [2.45, 2.75) is 233 Å². The summed E-state index contributed by atoms with van der Waals surface area (Å²) in [7, 11) is 0. The normalized spacial score (nSPS) is 21.8. The van der Waals surface area contributed by atoms with Gasteiger partial charge in [0.05, 0.1) is 22.9 Å². The molecule has 2 aromatic rings. The van der Waals surface area contributed by atoms with Gasteiger partial charge in [-0.2, -0.15) is 10.2 Å². The summed E-state index contributed by atoms with van der Waals surface area (Å²) in [6, 6.07) is 1.66. The molecule has 4 saturated heterocycles. The number of amides is 4. The monoisotopic (exact) mass is 1070 g/mol. The second-order valence-corrected chi connectivity index (χ2v) is 26.1. The molecule has 0 spiro atoms. The van der Waals surface area contributed by atoms with Crippen LogP contribution in [0.2, 0.25) is 0 Å². The maximum absolute atomic E-state index is 12.2. The zero-order valence-corrected chi connectivity index (χ0v) is 47.7. The summed E-state index contributed by atoms with van der Waals surface area (Å²) >= 11 is 0.